The molecule has 0 radical (unpaired) electrons. The molecule has 0 saturated carbocycles. The van der Waals surface area contributed by atoms with E-state index in [9.17, 15) is 20.3 Å². The lowest BCUT2D eigenvalue weighted by molar-refractivity contribution is -0.386. The topological polar surface area (TPSA) is 140 Å². The second-order valence-electron chi connectivity index (χ2n) is 3.99. The zero-order valence-electron chi connectivity index (χ0n) is 10.4. The van der Waals surface area contributed by atoms with E-state index in [0.29, 0.717) is 5.69 Å². The summed E-state index contributed by atoms with van der Waals surface area (Å²) in [6.45, 7) is 1.74. The second kappa shape index (κ2) is 4.88. The molecule has 0 aliphatic carbocycles. The average molecular weight is 277 g/mol. The summed E-state index contributed by atoms with van der Waals surface area (Å²) in [6, 6.07) is 2.23. The average Bonchev–Trinajstić information content (AvgIpc) is 2.68. The highest BCUT2D eigenvalue weighted by atomic mass is 16.6. The number of nitro groups is 1. The van der Waals surface area contributed by atoms with E-state index in [1.54, 1.807) is 13.1 Å². The third-order valence-corrected chi connectivity index (χ3v) is 2.45. The molecule has 0 aliphatic heterocycles. The maximum absolute atomic E-state index is 10.7. The maximum Gasteiger partial charge on any atom is 0.315 e. The number of rotatable bonds is 3. The van der Waals surface area contributed by atoms with Crippen molar-refractivity contribution in [3.05, 3.63) is 39.7 Å². The molecule has 1 heterocycles. The Bertz CT molecular complexity index is 707. The van der Waals surface area contributed by atoms with E-state index >= 15 is 0 Å². The van der Waals surface area contributed by atoms with Gasteiger partial charge in [0.2, 0.25) is 11.7 Å². The van der Waals surface area contributed by atoms with Gasteiger partial charge in [-0.25, -0.2) is 9.66 Å². The summed E-state index contributed by atoms with van der Waals surface area (Å²) in [5.41, 5.74) is 5.87. The number of phenols is 2. The molecule has 0 fully saturated rings. The summed E-state index contributed by atoms with van der Waals surface area (Å²) < 4.78 is 1.28. The largest absolute Gasteiger partial charge is 0.504 e. The molecule has 20 heavy (non-hydrogen) atoms. The Labute approximate surface area is 112 Å². The number of hydrogen-bond donors (Lipinski definition) is 3. The number of nitrogen functional groups attached to an aromatic ring is 1. The first kappa shape index (κ1) is 13.3. The van der Waals surface area contributed by atoms with Gasteiger partial charge in [-0.3, -0.25) is 10.1 Å². The minimum atomic E-state index is -0.803. The van der Waals surface area contributed by atoms with Gasteiger partial charge in [0, 0.05) is 11.6 Å². The Morgan fingerprint density at radius 2 is 2.20 bits per heavy atom. The summed E-state index contributed by atoms with van der Waals surface area (Å²) >= 11 is 0. The normalized spacial score (nSPS) is 11.1. The lowest BCUT2D eigenvalue weighted by Crippen LogP contribution is -1.97. The van der Waals surface area contributed by atoms with E-state index in [1.807, 2.05) is 0 Å². The molecule has 0 bridgehead atoms. The fourth-order valence-electron chi connectivity index (χ4n) is 1.56. The van der Waals surface area contributed by atoms with Crippen molar-refractivity contribution in [3.63, 3.8) is 0 Å². The van der Waals surface area contributed by atoms with Crippen molar-refractivity contribution in [2.75, 3.05) is 5.73 Å². The molecule has 0 unspecified atom stereocenters. The molecule has 2 aromatic rings. The van der Waals surface area contributed by atoms with Crippen LogP contribution in [-0.4, -0.2) is 31.0 Å². The number of nitrogens with two attached hydrogens (primary N) is 1. The molecular weight excluding hydrogens is 266 g/mol. The highest BCUT2D eigenvalue weighted by Crippen LogP contribution is 2.35. The second-order valence-corrected chi connectivity index (χ2v) is 3.99. The Balaban J connectivity index is 2.39. The number of nitrogens with zero attached hydrogens (tertiary/aromatic N) is 4. The third kappa shape index (κ3) is 2.51. The Morgan fingerprint density at radius 1 is 1.50 bits per heavy atom. The molecule has 0 aliphatic rings. The van der Waals surface area contributed by atoms with Gasteiger partial charge in [-0.1, -0.05) is 0 Å². The number of phenolic OH excluding ortho intramolecular Hbond substituents is 2. The summed E-state index contributed by atoms with van der Waals surface area (Å²) in [7, 11) is 0. The van der Waals surface area contributed by atoms with Crippen LogP contribution in [0.25, 0.3) is 0 Å². The van der Waals surface area contributed by atoms with Crippen LogP contribution in [0, 0.1) is 17.0 Å². The third-order valence-electron chi connectivity index (χ3n) is 2.45. The van der Waals surface area contributed by atoms with E-state index in [2.05, 4.69) is 10.1 Å². The van der Waals surface area contributed by atoms with Crippen molar-refractivity contribution in [2.45, 2.75) is 6.92 Å². The van der Waals surface area contributed by atoms with Crippen molar-refractivity contribution in [3.8, 4) is 11.5 Å². The highest BCUT2D eigenvalue weighted by molar-refractivity contribution is 5.83. The van der Waals surface area contributed by atoms with Crippen LogP contribution in [0.3, 0.4) is 0 Å². The van der Waals surface area contributed by atoms with Gasteiger partial charge in [-0.15, -0.1) is 0 Å². The van der Waals surface area contributed by atoms with Crippen molar-refractivity contribution in [1.29, 1.82) is 0 Å². The van der Waals surface area contributed by atoms with Gasteiger partial charge in [-0.2, -0.15) is 5.10 Å². The van der Waals surface area contributed by atoms with E-state index in [0.717, 1.165) is 12.1 Å². The van der Waals surface area contributed by atoms with E-state index in [-0.39, 0.29) is 11.5 Å². The van der Waals surface area contributed by atoms with Crippen LogP contribution in [0.5, 0.6) is 11.5 Å². The number of benzene rings is 1. The minimum absolute atomic E-state index is 0.163. The lowest BCUT2D eigenvalue weighted by atomic mass is 10.2. The molecule has 1 aromatic carbocycles. The molecule has 1 aromatic heterocycles. The number of nitro benzene ring substituents is 1. The Hall–Kier alpha value is -3.10. The van der Waals surface area contributed by atoms with Crippen LogP contribution in [0.4, 0.5) is 11.6 Å². The molecule has 0 amide bonds. The highest BCUT2D eigenvalue weighted by Gasteiger charge is 2.18. The smallest absolute Gasteiger partial charge is 0.315 e. The van der Waals surface area contributed by atoms with E-state index in [1.165, 1.54) is 10.9 Å². The fraction of sp³-hybridized carbons (Fsp3) is 0.0909. The van der Waals surface area contributed by atoms with Crippen LogP contribution < -0.4 is 5.73 Å². The molecule has 4 N–H and O–H groups in total. The van der Waals surface area contributed by atoms with E-state index in [4.69, 9.17) is 5.73 Å². The van der Waals surface area contributed by atoms with Gasteiger partial charge in [-0.05, 0) is 13.0 Å². The predicted molar refractivity (Wildman–Crippen MR) is 70.8 cm³/mol. The van der Waals surface area contributed by atoms with Crippen LogP contribution in [0.2, 0.25) is 0 Å². The van der Waals surface area contributed by atoms with Gasteiger partial charge in [0.25, 0.3) is 0 Å². The monoisotopic (exact) mass is 277 g/mol. The number of aromatic nitrogens is 2. The molecule has 0 saturated heterocycles. The molecule has 0 atom stereocenters. The predicted octanol–water partition coefficient (Wildman–Crippen LogP) is 0.975. The van der Waals surface area contributed by atoms with Crippen molar-refractivity contribution in [2.24, 2.45) is 5.10 Å². The fourth-order valence-corrected chi connectivity index (χ4v) is 1.56. The standard InChI is InChI=1S/C11H11N5O4/c1-6-5-15(11(12)14-6)13-4-7-2-8(16(19)20)10(18)9(17)3-7/h2-5,17-18H,1H3,(H2,12,14). The number of anilines is 1. The molecule has 2 rings (SSSR count). The molecule has 0 spiro atoms. The summed E-state index contributed by atoms with van der Waals surface area (Å²) in [6.07, 6.45) is 2.82. The quantitative estimate of drug-likeness (QED) is 0.330. The van der Waals surface area contributed by atoms with Crippen molar-refractivity contribution >= 4 is 17.9 Å². The van der Waals surface area contributed by atoms with Crippen molar-refractivity contribution < 1.29 is 15.1 Å². The zero-order chi connectivity index (χ0) is 14.9. The molecule has 9 nitrogen and oxygen atoms in total. The molecule has 9 heteroatoms. The summed E-state index contributed by atoms with van der Waals surface area (Å²) in [5, 5.41) is 33.4. The SMILES string of the molecule is Cc1cn(N=Cc2cc(O)c(O)c([N+](=O)[O-])c2)c(N)n1. The summed E-state index contributed by atoms with van der Waals surface area (Å²) in [5.74, 6) is -1.23. The van der Waals surface area contributed by atoms with Gasteiger partial charge < -0.3 is 15.9 Å². The van der Waals surface area contributed by atoms with E-state index < -0.39 is 22.1 Å². The van der Waals surface area contributed by atoms with Crippen LogP contribution in [0.1, 0.15) is 11.3 Å². The summed E-state index contributed by atoms with van der Waals surface area (Å²) in [4.78, 5) is 13.8. The maximum atomic E-state index is 10.7. The first-order chi connectivity index (χ1) is 9.38. The molecular formula is C11H11N5O4. The lowest BCUT2D eigenvalue weighted by Gasteiger charge is -2.01. The number of hydrogen-bond acceptors (Lipinski definition) is 7. The molecule has 104 valence electrons. The zero-order valence-corrected chi connectivity index (χ0v) is 10.4. The number of imidazole rings is 1. The van der Waals surface area contributed by atoms with Gasteiger partial charge in [0.1, 0.15) is 0 Å². The first-order valence-electron chi connectivity index (χ1n) is 5.44. The Morgan fingerprint density at radius 3 is 2.75 bits per heavy atom. The van der Waals surface area contributed by atoms with Gasteiger partial charge in [0.15, 0.2) is 5.75 Å². The van der Waals surface area contributed by atoms with Gasteiger partial charge >= 0.3 is 5.69 Å². The Kier molecular flexibility index (Phi) is 3.25. The number of aryl methyl sites for hydroxylation is 1. The van der Waals surface area contributed by atoms with Crippen LogP contribution in [-0.2, 0) is 0 Å². The van der Waals surface area contributed by atoms with Crippen molar-refractivity contribution in [1.82, 2.24) is 9.66 Å². The number of aromatic hydroxyl groups is 2. The van der Waals surface area contributed by atoms with Crippen LogP contribution >= 0.6 is 0 Å². The minimum Gasteiger partial charge on any atom is -0.504 e. The van der Waals surface area contributed by atoms with Gasteiger partial charge in [0.05, 0.1) is 23.0 Å². The van der Waals surface area contributed by atoms with Crippen LogP contribution in [0.15, 0.2) is 23.4 Å². The first-order valence-corrected chi connectivity index (χ1v) is 5.44.